The molecule has 0 aliphatic heterocycles. The number of nitrogens with one attached hydrogen (secondary N) is 1. The Bertz CT molecular complexity index is 378. The first-order chi connectivity index (χ1) is 9.85. The van der Waals surface area contributed by atoms with Crippen LogP contribution in [0.3, 0.4) is 0 Å². The van der Waals surface area contributed by atoms with Crippen molar-refractivity contribution in [1.29, 1.82) is 0 Å². The van der Waals surface area contributed by atoms with E-state index in [1.807, 2.05) is 13.1 Å². The molecule has 0 spiro atoms. The molecule has 4 nitrogen and oxygen atoms in total. The van der Waals surface area contributed by atoms with Crippen LogP contribution >= 0.6 is 0 Å². The number of rotatable bonds is 8. The molecule has 1 aliphatic rings. The van der Waals surface area contributed by atoms with Gasteiger partial charge < -0.3 is 14.6 Å². The molecule has 1 aromatic rings. The van der Waals surface area contributed by atoms with E-state index in [0.717, 1.165) is 38.0 Å². The van der Waals surface area contributed by atoms with Crippen molar-refractivity contribution in [3.8, 4) is 0 Å². The molecule has 1 fully saturated rings. The normalized spacial score (nSPS) is 22.9. The Morgan fingerprint density at radius 2 is 2.20 bits per heavy atom. The highest BCUT2D eigenvalue weighted by Crippen LogP contribution is 2.29. The second kappa shape index (κ2) is 8.30. The minimum atomic E-state index is 0.599. The van der Waals surface area contributed by atoms with Gasteiger partial charge in [-0.25, -0.2) is 4.98 Å². The Labute approximate surface area is 122 Å². The quantitative estimate of drug-likeness (QED) is 0.738. The monoisotopic (exact) mass is 279 g/mol. The van der Waals surface area contributed by atoms with Crippen LogP contribution in [0.4, 0.5) is 5.95 Å². The summed E-state index contributed by atoms with van der Waals surface area (Å²) in [6, 6.07) is 0.599. The van der Waals surface area contributed by atoms with E-state index in [4.69, 9.17) is 4.74 Å². The largest absolute Gasteiger partial charge is 0.382 e. The van der Waals surface area contributed by atoms with Crippen LogP contribution in [0.25, 0.3) is 0 Å². The zero-order valence-electron chi connectivity index (χ0n) is 13.0. The maximum absolute atomic E-state index is 5.40. The van der Waals surface area contributed by atoms with Crippen molar-refractivity contribution in [2.24, 2.45) is 5.92 Å². The molecule has 2 rings (SSSR count). The molecule has 4 heteroatoms. The highest BCUT2D eigenvalue weighted by Gasteiger charge is 2.24. The number of nitrogens with zero attached hydrogens (tertiary/aromatic N) is 2. The zero-order valence-corrected chi connectivity index (χ0v) is 13.0. The fourth-order valence-electron chi connectivity index (χ4n) is 3.16. The molecule has 2 atom stereocenters. The van der Waals surface area contributed by atoms with Crippen LogP contribution in [-0.4, -0.2) is 28.8 Å². The number of hydrogen-bond acceptors (Lipinski definition) is 3. The van der Waals surface area contributed by atoms with Crippen LogP contribution in [0.5, 0.6) is 0 Å². The summed E-state index contributed by atoms with van der Waals surface area (Å²) in [5.74, 6) is 1.84. The molecule has 1 heterocycles. The summed E-state index contributed by atoms with van der Waals surface area (Å²) >= 11 is 0. The maximum Gasteiger partial charge on any atom is 0.202 e. The van der Waals surface area contributed by atoms with Crippen LogP contribution in [-0.2, 0) is 11.3 Å². The van der Waals surface area contributed by atoms with Gasteiger partial charge in [-0.15, -0.1) is 0 Å². The lowest BCUT2D eigenvalue weighted by atomic mass is 9.83. The molecule has 2 unspecified atom stereocenters. The average molecular weight is 279 g/mol. The summed E-state index contributed by atoms with van der Waals surface area (Å²) in [7, 11) is 0. The molecule has 1 N–H and O–H groups in total. The minimum absolute atomic E-state index is 0.599. The van der Waals surface area contributed by atoms with Crippen molar-refractivity contribution < 1.29 is 4.74 Å². The predicted molar refractivity (Wildman–Crippen MR) is 83.0 cm³/mol. The van der Waals surface area contributed by atoms with E-state index in [1.165, 1.54) is 32.1 Å². The molecule has 0 aromatic carbocycles. The number of hydrogen-bond donors (Lipinski definition) is 1. The zero-order chi connectivity index (χ0) is 14.2. The van der Waals surface area contributed by atoms with Crippen LogP contribution in [0, 0.1) is 5.92 Å². The summed E-state index contributed by atoms with van der Waals surface area (Å²) in [5.41, 5.74) is 0. The minimum Gasteiger partial charge on any atom is -0.382 e. The Hall–Kier alpha value is -1.03. The highest BCUT2D eigenvalue weighted by molar-refractivity contribution is 5.28. The van der Waals surface area contributed by atoms with Crippen LogP contribution < -0.4 is 5.32 Å². The average Bonchev–Trinajstić information content (AvgIpc) is 2.91. The Balaban J connectivity index is 1.87. The Morgan fingerprint density at radius 3 is 3.00 bits per heavy atom. The molecule has 0 radical (unpaired) electrons. The summed E-state index contributed by atoms with van der Waals surface area (Å²) < 4.78 is 7.62. The Kier molecular flexibility index (Phi) is 6.37. The smallest absolute Gasteiger partial charge is 0.202 e. The van der Waals surface area contributed by atoms with Gasteiger partial charge in [0.1, 0.15) is 0 Å². The molecule has 0 amide bonds. The molecule has 1 aliphatic carbocycles. The van der Waals surface area contributed by atoms with Gasteiger partial charge in [0.15, 0.2) is 0 Å². The van der Waals surface area contributed by atoms with Gasteiger partial charge in [0.25, 0.3) is 0 Å². The third kappa shape index (κ3) is 4.23. The fraction of sp³-hybridized carbons (Fsp3) is 0.812. The standard InChI is InChI=1S/C16H29N3O/c1-3-14-8-5-6-9-15(14)18-16-17-10-12-19(16)11-7-13-20-4-2/h10,12,14-15H,3-9,11,13H2,1-2H3,(H,17,18). The van der Waals surface area contributed by atoms with Gasteiger partial charge in [-0.2, -0.15) is 0 Å². The highest BCUT2D eigenvalue weighted by atomic mass is 16.5. The second-order valence-corrected chi connectivity index (χ2v) is 5.70. The van der Waals surface area contributed by atoms with Crippen molar-refractivity contribution in [2.45, 2.75) is 65.0 Å². The molecular formula is C16H29N3O. The second-order valence-electron chi connectivity index (χ2n) is 5.70. The molecule has 114 valence electrons. The SMILES string of the molecule is CCOCCCn1ccnc1NC1CCCCC1CC. The van der Waals surface area contributed by atoms with E-state index >= 15 is 0 Å². The first-order valence-corrected chi connectivity index (χ1v) is 8.20. The third-order valence-electron chi connectivity index (χ3n) is 4.36. The number of ether oxygens (including phenoxy) is 1. The number of imidazole rings is 1. The number of aryl methyl sites for hydroxylation is 1. The Morgan fingerprint density at radius 1 is 1.35 bits per heavy atom. The summed E-state index contributed by atoms with van der Waals surface area (Å²) in [6.07, 6.45) is 11.6. The van der Waals surface area contributed by atoms with E-state index in [9.17, 15) is 0 Å². The lowest BCUT2D eigenvalue weighted by molar-refractivity contribution is 0.141. The molecule has 0 saturated heterocycles. The third-order valence-corrected chi connectivity index (χ3v) is 4.36. The van der Waals surface area contributed by atoms with Crippen LogP contribution in [0.15, 0.2) is 12.4 Å². The lowest BCUT2D eigenvalue weighted by Gasteiger charge is -2.32. The molecule has 1 aromatic heterocycles. The topological polar surface area (TPSA) is 39.1 Å². The molecule has 1 saturated carbocycles. The van der Waals surface area contributed by atoms with Gasteiger partial charge in [-0.05, 0) is 32.1 Å². The number of anilines is 1. The van der Waals surface area contributed by atoms with Crippen LogP contribution in [0.2, 0.25) is 0 Å². The van der Waals surface area contributed by atoms with Crippen molar-refractivity contribution in [2.75, 3.05) is 18.5 Å². The molecular weight excluding hydrogens is 250 g/mol. The predicted octanol–water partition coefficient (Wildman–Crippen LogP) is 3.69. The summed E-state index contributed by atoms with van der Waals surface area (Å²) in [5, 5.41) is 3.68. The maximum atomic E-state index is 5.40. The van der Waals surface area contributed by atoms with E-state index in [-0.39, 0.29) is 0 Å². The van der Waals surface area contributed by atoms with Crippen molar-refractivity contribution in [1.82, 2.24) is 9.55 Å². The van der Waals surface area contributed by atoms with Gasteiger partial charge >= 0.3 is 0 Å². The van der Waals surface area contributed by atoms with E-state index in [0.29, 0.717) is 6.04 Å². The van der Waals surface area contributed by atoms with Gasteiger partial charge in [-0.1, -0.05) is 26.2 Å². The number of aromatic nitrogens is 2. The van der Waals surface area contributed by atoms with Crippen molar-refractivity contribution in [3.05, 3.63) is 12.4 Å². The van der Waals surface area contributed by atoms with Gasteiger partial charge in [-0.3, -0.25) is 0 Å². The molecule has 20 heavy (non-hydrogen) atoms. The summed E-state index contributed by atoms with van der Waals surface area (Å²) in [6.45, 7) is 6.95. The van der Waals surface area contributed by atoms with E-state index < -0.39 is 0 Å². The van der Waals surface area contributed by atoms with Gasteiger partial charge in [0.05, 0.1) is 0 Å². The molecule has 0 bridgehead atoms. The van der Waals surface area contributed by atoms with E-state index in [2.05, 4.69) is 28.0 Å². The van der Waals surface area contributed by atoms with Crippen LogP contribution in [0.1, 0.15) is 52.4 Å². The van der Waals surface area contributed by atoms with Crippen molar-refractivity contribution in [3.63, 3.8) is 0 Å². The fourth-order valence-corrected chi connectivity index (χ4v) is 3.16. The lowest BCUT2D eigenvalue weighted by Crippen LogP contribution is -2.33. The first kappa shape index (κ1) is 15.4. The van der Waals surface area contributed by atoms with Crippen molar-refractivity contribution >= 4 is 5.95 Å². The van der Waals surface area contributed by atoms with Gasteiger partial charge in [0, 0.05) is 38.2 Å². The van der Waals surface area contributed by atoms with Gasteiger partial charge in [0.2, 0.25) is 5.95 Å². The first-order valence-electron chi connectivity index (χ1n) is 8.20. The van der Waals surface area contributed by atoms with E-state index in [1.54, 1.807) is 0 Å². The summed E-state index contributed by atoms with van der Waals surface area (Å²) in [4.78, 5) is 4.49.